The van der Waals surface area contributed by atoms with E-state index in [1.165, 1.54) is 10.7 Å². The molecular weight excluding hydrogens is 336 g/mol. The van der Waals surface area contributed by atoms with E-state index in [1.807, 2.05) is 24.3 Å². The molecule has 0 atom stereocenters. The summed E-state index contributed by atoms with van der Waals surface area (Å²) in [5.74, 6) is 0.939. The Labute approximate surface area is 149 Å². The molecule has 8 nitrogen and oxygen atoms in total. The van der Waals surface area contributed by atoms with Crippen LogP contribution in [0.15, 0.2) is 51.8 Å². The van der Waals surface area contributed by atoms with Crippen molar-refractivity contribution in [3.05, 3.63) is 64.3 Å². The number of aryl methyl sites for hydroxylation is 1. The summed E-state index contributed by atoms with van der Waals surface area (Å²) in [7, 11) is 1.60. The lowest BCUT2D eigenvalue weighted by Crippen LogP contribution is -2.32. The summed E-state index contributed by atoms with van der Waals surface area (Å²) in [5, 5.41) is 10.7. The maximum absolute atomic E-state index is 12.0. The Morgan fingerprint density at radius 1 is 1.23 bits per heavy atom. The zero-order valence-electron chi connectivity index (χ0n) is 14.4. The van der Waals surface area contributed by atoms with Crippen LogP contribution in [0.4, 0.5) is 0 Å². The third-order valence-corrected chi connectivity index (χ3v) is 3.72. The van der Waals surface area contributed by atoms with Gasteiger partial charge in [-0.3, -0.25) is 9.59 Å². The van der Waals surface area contributed by atoms with Crippen molar-refractivity contribution in [2.24, 2.45) is 0 Å². The Balaban J connectivity index is 1.67. The second-order valence-corrected chi connectivity index (χ2v) is 5.59. The predicted molar refractivity (Wildman–Crippen MR) is 94.1 cm³/mol. The van der Waals surface area contributed by atoms with E-state index in [0.717, 1.165) is 11.3 Å². The molecule has 1 amide bonds. The highest BCUT2D eigenvalue weighted by Gasteiger charge is 2.10. The number of rotatable bonds is 6. The normalized spacial score (nSPS) is 10.5. The molecule has 0 unspecified atom stereocenters. The van der Waals surface area contributed by atoms with E-state index in [0.29, 0.717) is 11.5 Å². The molecule has 0 fully saturated rings. The highest BCUT2D eigenvalue weighted by atomic mass is 16.5. The first kappa shape index (κ1) is 17.4. The number of nitrogens with one attached hydrogen (secondary N) is 1. The number of hydrogen-bond donors (Lipinski definition) is 1. The molecule has 0 spiro atoms. The molecule has 134 valence electrons. The molecule has 3 aromatic rings. The number of carbonyl (C=O) groups excluding carboxylic acids is 1. The number of carbonyl (C=O) groups is 1. The summed E-state index contributed by atoms with van der Waals surface area (Å²) >= 11 is 0. The number of ether oxygens (including phenoxy) is 1. The molecule has 0 saturated carbocycles. The van der Waals surface area contributed by atoms with Gasteiger partial charge in [0.25, 0.3) is 11.5 Å². The fourth-order valence-corrected chi connectivity index (χ4v) is 2.36. The van der Waals surface area contributed by atoms with Crippen LogP contribution >= 0.6 is 0 Å². The van der Waals surface area contributed by atoms with Crippen molar-refractivity contribution in [3.63, 3.8) is 0 Å². The molecule has 26 heavy (non-hydrogen) atoms. The lowest BCUT2D eigenvalue weighted by molar-refractivity contribution is 0.0942. The Bertz CT molecular complexity index is 960. The van der Waals surface area contributed by atoms with Gasteiger partial charge in [0.15, 0.2) is 5.69 Å². The molecule has 2 heterocycles. The maximum atomic E-state index is 12.0. The zero-order chi connectivity index (χ0) is 18.5. The topological polar surface area (TPSA) is 99.2 Å². The van der Waals surface area contributed by atoms with Crippen molar-refractivity contribution in [1.82, 2.24) is 20.3 Å². The van der Waals surface area contributed by atoms with Crippen LogP contribution in [0, 0.1) is 6.92 Å². The van der Waals surface area contributed by atoms with E-state index in [2.05, 4.69) is 15.6 Å². The highest BCUT2D eigenvalue weighted by Crippen LogP contribution is 2.19. The van der Waals surface area contributed by atoms with Crippen LogP contribution in [-0.4, -0.2) is 34.5 Å². The molecule has 0 aliphatic rings. The van der Waals surface area contributed by atoms with Crippen LogP contribution in [0.1, 0.15) is 16.2 Å². The van der Waals surface area contributed by atoms with Gasteiger partial charge in [-0.05, 0) is 37.3 Å². The Hall–Kier alpha value is -3.42. The minimum Gasteiger partial charge on any atom is -0.497 e. The van der Waals surface area contributed by atoms with Gasteiger partial charge in [0, 0.05) is 24.2 Å². The monoisotopic (exact) mass is 354 g/mol. The summed E-state index contributed by atoms with van der Waals surface area (Å²) in [6.07, 6.45) is 0. The Morgan fingerprint density at radius 3 is 2.65 bits per heavy atom. The second-order valence-electron chi connectivity index (χ2n) is 5.59. The summed E-state index contributed by atoms with van der Waals surface area (Å²) < 4.78 is 11.3. The first-order valence-corrected chi connectivity index (χ1v) is 8.01. The molecule has 0 radical (unpaired) electrons. The van der Waals surface area contributed by atoms with Crippen molar-refractivity contribution < 1.29 is 14.1 Å². The SMILES string of the molecule is COc1ccc(-c2ccc(=O)n(CCNC(=O)c3cc(C)on3)n2)cc1. The summed E-state index contributed by atoms with van der Waals surface area (Å²) in [6.45, 7) is 2.19. The second kappa shape index (κ2) is 7.64. The fourth-order valence-electron chi connectivity index (χ4n) is 2.36. The zero-order valence-corrected chi connectivity index (χ0v) is 14.4. The van der Waals surface area contributed by atoms with Gasteiger partial charge < -0.3 is 14.6 Å². The molecule has 0 aliphatic carbocycles. The molecular formula is C18H18N4O4. The minimum absolute atomic E-state index is 0.204. The molecule has 8 heteroatoms. The molecule has 0 saturated heterocycles. The van der Waals surface area contributed by atoms with Crippen molar-refractivity contribution >= 4 is 5.91 Å². The van der Waals surface area contributed by atoms with E-state index in [-0.39, 0.29) is 30.2 Å². The van der Waals surface area contributed by atoms with E-state index in [4.69, 9.17) is 9.26 Å². The predicted octanol–water partition coefficient (Wildman–Crippen LogP) is 1.65. The fraction of sp³-hybridized carbons (Fsp3) is 0.222. The summed E-state index contributed by atoms with van der Waals surface area (Å²) in [5.41, 5.74) is 1.48. The maximum Gasteiger partial charge on any atom is 0.273 e. The summed E-state index contributed by atoms with van der Waals surface area (Å²) in [6, 6.07) is 12.0. The van der Waals surface area contributed by atoms with E-state index < -0.39 is 0 Å². The highest BCUT2D eigenvalue weighted by molar-refractivity contribution is 5.92. The third-order valence-electron chi connectivity index (χ3n) is 3.72. The van der Waals surface area contributed by atoms with Gasteiger partial charge in [-0.2, -0.15) is 5.10 Å². The van der Waals surface area contributed by atoms with Crippen molar-refractivity contribution in [1.29, 1.82) is 0 Å². The van der Waals surface area contributed by atoms with Crippen LogP contribution in [0.3, 0.4) is 0 Å². The van der Waals surface area contributed by atoms with Crippen molar-refractivity contribution in [2.75, 3.05) is 13.7 Å². The molecule has 0 aliphatic heterocycles. The van der Waals surface area contributed by atoms with Gasteiger partial charge in [0.2, 0.25) is 0 Å². The lowest BCUT2D eigenvalue weighted by Gasteiger charge is -2.08. The molecule has 1 aromatic carbocycles. The van der Waals surface area contributed by atoms with E-state index in [9.17, 15) is 9.59 Å². The smallest absolute Gasteiger partial charge is 0.273 e. The number of nitrogens with zero attached hydrogens (tertiary/aromatic N) is 3. The quantitative estimate of drug-likeness (QED) is 0.722. The lowest BCUT2D eigenvalue weighted by atomic mass is 10.1. The number of methoxy groups -OCH3 is 1. The van der Waals surface area contributed by atoms with E-state index in [1.54, 1.807) is 26.2 Å². The average molecular weight is 354 g/mol. The van der Waals surface area contributed by atoms with Gasteiger partial charge in [-0.25, -0.2) is 4.68 Å². The third kappa shape index (κ3) is 3.97. The Kier molecular flexibility index (Phi) is 5.12. The summed E-state index contributed by atoms with van der Waals surface area (Å²) in [4.78, 5) is 23.9. The van der Waals surface area contributed by atoms with Crippen molar-refractivity contribution in [2.45, 2.75) is 13.5 Å². The minimum atomic E-state index is -0.360. The van der Waals surface area contributed by atoms with Crippen LogP contribution in [0.25, 0.3) is 11.3 Å². The van der Waals surface area contributed by atoms with Crippen LogP contribution in [-0.2, 0) is 6.54 Å². The largest absolute Gasteiger partial charge is 0.497 e. The van der Waals surface area contributed by atoms with Crippen molar-refractivity contribution in [3.8, 4) is 17.0 Å². The first-order chi connectivity index (χ1) is 12.6. The van der Waals surface area contributed by atoms with Crippen LogP contribution in [0.2, 0.25) is 0 Å². The number of benzene rings is 1. The van der Waals surface area contributed by atoms with Gasteiger partial charge in [0.05, 0.1) is 19.3 Å². The molecule has 2 aromatic heterocycles. The van der Waals surface area contributed by atoms with Gasteiger partial charge in [-0.1, -0.05) is 5.16 Å². The first-order valence-electron chi connectivity index (χ1n) is 8.01. The Morgan fingerprint density at radius 2 is 2.00 bits per heavy atom. The molecule has 0 bridgehead atoms. The van der Waals surface area contributed by atoms with Gasteiger partial charge in [-0.15, -0.1) is 0 Å². The standard InChI is InChI=1S/C18H18N4O4/c1-12-11-16(21-26-12)18(24)19-9-10-22-17(23)8-7-15(20-22)13-3-5-14(25-2)6-4-13/h3-8,11H,9-10H2,1-2H3,(H,19,24). The van der Waals surface area contributed by atoms with Crippen LogP contribution in [0.5, 0.6) is 5.75 Å². The number of amides is 1. The van der Waals surface area contributed by atoms with Gasteiger partial charge >= 0.3 is 0 Å². The van der Waals surface area contributed by atoms with Crippen LogP contribution < -0.4 is 15.6 Å². The average Bonchev–Trinajstić information content (AvgIpc) is 3.10. The van der Waals surface area contributed by atoms with Gasteiger partial charge in [0.1, 0.15) is 11.5 Å². The number of hydrogen-bond acceptors (Lipinski definition) is 6. The molecule has 3 rings (SSSR count). The number of aromatic nitrogens is 3. The van der Waals surface area contributed by atoms with E-state index >= 15 is 0 Å². The molecule has 1 N–H and O–H groups in total.